The molecule has 2 unspecified atom stereocenters. The van der Waals surface area contributed by atoms with Crippen molar-refractivity contribution in [3.63, 3.8) is 0 Å². The molecule has 2 N–H and O–H groups in total. The van der Waals surface area contributed by atoms with Crippen LogP contribution < -0.4 is 0 Å². The fourth-order valence-electron chi connectivity index (χ4n) is 2.83. The van der Waals surface area contributed by atoms with Gasteiger partial charge in [-0.2, -0.15) is 0 Å². The first kappa shape index (κ1) is 25.8. The molecule has 158 valence electrons. The lowest BCUT2D eigenvalue weighted by Crippen LogP contribution is -2.28. The number of unbranched alkanes of at least 4 members (excludes halogenated alkanes) is 11. The number of methoxy groups -OCH3 is 1. The Kier molecular flexibility index (Phi) is 20.9. The van der Waals surface area contributed by atoms with Gasteiger partial charge in [0, 0.05) is 13.7 Å². The summed E-state index contributed by atoms with van der Waals surface area (Å²) in [6.07, 6.45) is 15.2. The van der Waals surface area contributed by atoms with Crippen LogP contribution in [0.4, 0.5) is 0 Å². The molecule has 0 spiro atoms. The van der Waals surface area contributed by atoms with Crippen LogP contribution in [0.15, 0.2) is 0 Å². The molecule has 0 rings (SSSR count). The molecule has 0 bridgehead atoms. The van der Waals surface area contributed by atoms with Crippen LogP contribution in [0.1, 0.15) is 84.0 Å². The van der Waals surface area contributed by atoms with Crippen LogP contribution in [0.3, 0.4) is 0 Å². The maximum atomic E-state index is 9.20. The SMILES string of the molecule is CCCCCCCCCCCCCCOCC(COCC(O)CO)OC. The minimum absolute atomic E-state index is 0.120. The zero-order valence-electron chi connectivity index (χ0n) is 17.3. The van der Waals surface area contributed by atoms with Crippen molar-refractivity contribution in [3.8, 4) is 0 Å². The summed E-state index contributed by atoms with van der Waals surface area (Å²) < 4.78 is 16.2. The van der Waals surface area contributed by atoms with E-state index in [0.29, 0.717) is 13.2 Å². The van der Waals surface area contributed by atoms with Crippen LogP contribution in [0.5, 0.6) is 0 Å². The van der Waals surface area contributed by atoms with Crippen molar-refractivity contribution in [2.75, 3.05) is 40.1 Å². The molecule has 0 saturated heterocycles. The Labute approximate surface area is 161 Å². The first-order chi connectivity index (χ1) is 12.7. The van der Waals surface area contributed by atoms with Gasteiger partial charge in [-0.1, -0.05) is 77.6 Å². The highest BCUT2D eigenvalue weighted by Gasteiger charge is 2.09. The fraction of sp³-hybridized carbons (Fsp3) is 1.00. The minimum atomic E-state index is -0.825. The molecule has 5 nitrogen and oxygen atoms in total. The monoisotopic (exact) mass is 376 g/mol. The molecule has 0 radical (unpaired) electrons. The Morgan fingerprint density at radius 3 is 1.69 bits per heavy atom. The average Bonchev–Trinajstić information content (AvgIpc) is 2.66. The number of hydrogen-bond acceptors (Lipinski definition) is 5. The van der Waals surface area contributed by atoms with E-state index in [2.05, 4.69) is 6.92 Å². The molecule has 0 aromatic carbocycles. The minimum Gasteiger partial charge on any atom is -0.394 e. The fourth-order valence-corrected chi connectivity index (χ4v) is 2.83. The standard InChI is InChI=1S/C21H44O5/c1-3-4-5-6-7-8-9-10-11-12-13-14-15-25-18-21(24-2)19-26-17-20(23)16-22/h20-23H,3-19H2,1-2H3. The highest BCUT2D eigenvalue weighted by atomic mass is 16.6. The Hall–Kier alpha value is -0.200. The summed E-state index contributed by atoms with van der Waals surface area (Å²) in [6, 6.07) is 0. The molecule has 0 aromatic rings. The molecule has 26 heavy (non-hydrogen) atoms. The van der Waals surface area contributed by atoms with E-state index in [1.54, 1.807) is 7.11 Å². The Bertz CT molecular complexity index is 263. The molecule has 0 saturated carbocycles. The second-order valence-electron chi connectivity index (χ2n) is 7.20. The summed E-state index contributed by atoms with van der Waals surface area (Å²) in [6.45, 7) is 3.73. The van der Waals surface area contributed by atoms with Gasteiger partial charge < -0.3 is 24.4 Å². The lowest BCUT2D eigenvalue weighted by atomic mass is 10.1. The predicted molar refractivity (Wildman–Crippen MR) is 107 cm³/mol. The Morgan fingerprint density at radius 1 is 0.692 bits per heavy atom. The van der Waals surface area contributed by atoms with Crippen LogP contribution in [-0.4, -0.2) is 62.6 Å². The van der Waals surface area contributed by atoms with Gasteiger partial charge in [0.2, 0.25) is 0 Å². The second-order valence-corrected chi connectivity index (χ2v) is 7.20. The summed E-state index contributed by atoms with van der Waals surface area (Å²) >= 11 is 0. The van der Waals surface area contributed by atoms with Gasteiger partial charge in [-0.25, -0.2) is 0 Å². The summed E-state index contributed by atoms with van der Waals surface area (Å²) in [5.41, 5.74) is 0. The molecular weight excluding hydrogens is 332 g/mol. The molecule has 0 amide bonds. The van der Waals surface area contributed by atoms with Crippen LogP contribution in [-0.2, 0) is 14.2 Å². The van der Waals surface area contributed by atoms with Gasteiger partial charge in [0.25, 0.3) is 0 Å². The topological polar surface area (TPSA) is 68.2 Å². The molecule has 0 aliphatic carbocycles. The van der Waals surface area contributed by atoms with Crippen LogP contribution in [0.25, 0.3) is 0 Å². The number of aliphatic hydroxyl groups is 2. The van der Waals surface area contributed by atoms with Gasteiger partial charge >= 0.3 is 0 Å². The van der Waals surface area contributed by atoms with Crippen molar-refractivity contribution in [1.82, 2.24) is 0 Å². The Morgan fingerprint density at radius 2 is 1.19 bits per heavy atom. The summed E-state index contributed by atoms with van der Waals surface area (Å²) in [4.78, 5) is 0. The molecule has 5 heteroatoms. The van der Waals surface area contributed by atoms with Gasteiger partial charge in [0.1, 0.15) is 12.2 Å². The van der Waals surface area contributed by atoms with Crippen molar-refractivity contribution in [1.29, 1.82) is 0 Å². The predicted octanol–water partition coefficient (Wildman–Crippen LogP) is 4.09. The molecule has 0 fully saturated rings. The molecule has 0 aromatic heterocycles. The van der Waals surface area contributed by atoms with Crippen molar-refractivity contribution in [3.05, 3.63) is 0 Å². The maximum Gasteiger partial charge on any atom is 0.104 e. The first-order valence-electron chi connectivity index (χ1n) is 10.7. The third kappa shape index (κ3) is 18.6. The second kappa shape index (κ2) is 21.1. The third-order valence-corrected chi connectivity index (χ3v) is 4.60. The molecule has 2 atom stereocenters. The normalized spacial score (nSPS) is 13.8. The van der Waals surface area contributed by atoms with E-state index in [1.165, 1.54) is 70.6 Å². The number of hydrogen-bond donors (Lipinski definition) is 2. The highest BCUT2D eigenvalue weighted by molar-refractivity contribution is 4.57. The van der Waals surface area contributed by atoms with Gasteiger partial charge in [-0.05, 0) is 6.42 Å². The molecule has 0 aliphatic rings. The van der Waals surface area contributed by atoms with E-state index < -0.39 is 6.10 Å². The molecular formula is C21H44O5. The van der Waals surface area contributed by atoms with E-state index in [9.17, 15) is 5.11 Å². The van der Waals surface area contributed by atoms with Crippen molar-refractivity contribution in [2.24, 2.45) is 0 Å². The lowest BCUT2D eigenvalue weighted by molar-refractivity contribution is -0.0626. The first-order valence-corrected chi connectivity index (χ1v) is 10.7. The third-order valence-electron chi connectivity index (χ3n) is 4.60. The van der Waals surface area contributed by atoms with Gasteiger partial charge in [0.05, 0.1) is 26.4 Å². The van der Waals surface area contributed by atoms with Crippen LogP contribution in [0.2, 0.25) is 0 Å². The van der Waals surface area contributed by atoms with Gasteiger partial charge in [-0.3, -0.25) is 0 Å². The summed E-state index contributed by atoms with van der Waals surface area (Å²) in [5.74, 6) is 0. The van der Waals surface area contributed by atoms with E-state index in [4.69, 9.17) is 19.3 Å². The Balaban J connectivity index is 3.26. The van der Waals surface area contributed by atoms with E-state index in [1.807, 2.05) is 0 Å². The average molecular weight is 377 g/mol. The number of rotatable bonds is 21. The van der Waals surface area contributed by atoms with Crippen molar-refractivity contribution >= 4 is 0 Å². The molecule has 0 heterocycles. The zero-order chi connectivity index (χ0) is 19.3. The summed E-state index contributed by atoms with van der Waals surface area (Å²) in [7, 11) is 1.63. The van der Waals surface area contributed by atoms with E-state index in [-0.39, 0.29) is 19.3 Å². The largest absolute Gasteiger partial charge is 0.394 e. The van der Waals surface area contributed by atoms with Gasteiger partial charge in [0.15, 0.2) is 0 Å². The van der Waals surface area contributed by atoms with E-state index in [0.717, 1.165) is 13.0 Å². The lowest BCUT2D eigenvalue weighted by Gasteiger charge is -2.16. The van der Waals surface area contributed by atoms with Crippen LogP contribution >= 0.6 is 0 Å². The zero-order valence-corrected chi connectivity index (χ0v) is 17.3. The maximum absolute atomic E-state index is 9.20. The van der Waals surface area contributed by atoms with Crippen molar-refractivity contribution in [2.45, 2.75) is 96.2 Å². The van der Waals surface area contributed by atoms with Gasteiger partial charge in [-0.15, -0.1) is 0 Å². The summed E-state index contributed by atoms with van der Waals surface area (Å²) in [5, 5.41) is 17.9. The smallest absolute Gasteiger partial charge is 0.104 e. The molecule has 0 aliphatic heterocycles. The number of aliphatic hydroxyl groups excluding tert-OH is 2. The number of ether oxygens (including phenoxy) is 3. The van der Waals surface area contributed by atoms with Crippen molar-refractivity contribution < 1.29 is 24.4 Å². The highest BCUT2D eigenvalue weighted by Crippen LogP contribution is 2.12. The van der Waals surface area contributed by atoms with E-state index >= 15 is 0 Å². The quantitative estimate of drug-likeness (QED) is 0.295. The van der Waals surface area contributed by atoms with Crippen LogP contribution in [0, 0.1) is 0 Å².